The van der Waals surface area contributed by atoms with Gasteiger partial charge in [-0.05, 0) is 29.8 Å². The van der Waals surface area contributed by atoms with Gasteiger partial charge in [-0.3, -0.25) is 9.78 Å². The highest BCUT2D eigenvalue weighted by molar-refractivity contribution is 7.91. The number of hydrogen-bond acceptors (Lipinski definition) is 6. The molecule has 1 unspecified atom stereocenters. The molecule has 2 rings (SSSR count). The predicted molar refractivity (Wildman–Crippen MR) is 86.8 cm³/mol. The van der Waals surface area contributed by atoms with Crippen LogP contribution in [-0.4, -0.2) is 30.7 Å². The number of carbonyl (C=O) groups is 2. The second kappa shape index (κ2) is 7.52. The standard InChI is InChI=1S/C15H13ClN2O5S/c16-12-4-1-10(2-5-12)14(9-20)24(22,23)18-15(21)11-3-6-13(8-19)17-7-11/h1-7,9,14,19H,8H2,(H,18,21). The lowest BCUT2D eigenvalue weighted by molar-refractivity contribution is -0.107. The number of nitrogens with zero attached hydrogens (tertiary/aromatic N) is 1. The van der Waals surface area contributed by atoms with Gasteiger partial charge in [0.25, 0.3) is 5.91 Å². The number of hydrogen-bond donors (Lipinski definition) is 2. The van der Waals surface area contributed by atoms with Crippen molar-refractivity contribution < 1.29 is 23.1 Å². The zero-order chi connectivity index (χ0) is 17.7. The van der Waals surface area contributed by atoms with Crippen LogP contribution in [0.1, 0.15) is 26.9 Å². The molecule has 2 N–H and O–H groups in total. The fraction of sp³-hybridized carbons (Fsp3) is 0.133. The van der Waals surface area contributed by atoms with Gasteiger partial charge in [-0.15, -0.1) is 0 Å². The largest absolute Gasteiger partial charge is 0.390 e. The quantitative estimate of drug-likeness (QED) is 0.741. The molecule has 2 aromatic rings. The number of aromatic nitrogens is 1. The van der Waals surface area contributed by atoms with Gasteiger partial charge >= 0.3 is 0 Å². The monoisotopic (exact) mass is 368 g/mol. The molecular weight excluding hydrogens is 356 g/mol. The number of pyridine rings is 1. The Kier molecular flexibility index (Phi) is 5.66. The summed E-state index contributed by atoms with van der Waals surface area (Å²) in [4.78, 5) is 27.1. The molecule has 0 bridgehead atoms. The Balaban J connectivity index is 2.22. The molecule has 0 radical (unpaired) electrons. The number of aliphatic hydroxyl groups excluding tert-OH is 1. The Morgan fingerprint density at radius 2 is 1.92 bits per heavy atom. The van der Waals surface area contributed by atoms with E-state index in [9.17, 15) is 18.0 Å². The van der Waals surface area contributed by atoms with Crippen molar-refractivity contribution in [1.82, 2.24) is 9.71 Å². The highest BCUT2D eigenvalue weighted by atomic mass is 35.5. The summed E-state index contributed by atoms with van der Waals surface area (Å²) in [5.41, 5.74) is 0.501. The second-order valence-electron chi connectivity index (χ2n) is 4.78. The van der Waals surface area contributed by atoms with E-state index in [-0.39, 0.29) is 24.0 Å². The first kappa shape index (κ1) is 18.1. The van der Waals surface area contributed by atoms with Gasteiger partial charge in [0.15, 0.2) is 5.25 Å². The van der Waals surface area contributed by atoms with E-state index in [1.54, 1.807) is 0 Å². The van der Waals surface area contributed by atoms with E-state index >= 15 is 0 Å². The third-order valence-electron chi connectivity index (χ3n) is 3.14. The number of halogens is 1. The highest BCUT2D eigenvalue weighted by Gasteiger charge is 2.29. The van der Waals surface area contributed by atoms with Crippen LogP contribution in [0.5, 0.6) is 0 Å². The fourth-order valence-corrected chi connectivity index (χ4v) is 3.18. The molecule has 0 saturated heterocycles. The summed E-state index contributed by atoms with van der Waals surface area (Å²) >= 11 is 5.73. The Labute approximate surface area is 143 Å². The molecule has 0 saturated carbocycles. The van der Waals surface area contributed by atoms with Gasteiger partial charge in [0, 0.05) is 11.2 Å². The number of aldehydes is 1. The SMILES string of the molecule is O=CC(c1ccc(Cl)cc1)S(=O)(=O)NC(=O)c1ccc(CO)nc1. The lowest BCUT2D eigenvalue weighted by Crippen LogP contribution is -2.35. The molecular formula is C15H13ClN2O5S. The highest BCUT2D eigenvalue weighted by Crippen LogP contribution is 2.21. The Hall–Kier alpha value is -2.29. The van der Waals surface area contributed by atoms with E-state index in [1.807, 2.05) is 4.72 Å². The van der Waals surface area contributed by atoms with Crippen LogP contribution in [0.25, 0.3) is 0 Å². The average molecular weight is 369 g/mol. The molecule has 0 aliphatic carbocycles. The minimum absolute atomic E-state index is 0.0171. The molecule has 1 heterocycles. The first-order chi connectivity index (χ1) is 11.4. The molecule has 126 valence electrons. The summed E-state index contributed by atoms with van der Waals surface area (Å²) in [5, 5.41) is 7.73. The molecule has 9 heteroatoms. The van der Waals surface area contributed by atoms with Gasteiger partial charge in [0.2, 0.25) is 10.0 Å². The molecule has 0 aliphatic rings. The molecule has 0 aliphatic heterocycles. The summed E-state index contributed by atoms with van der Waals surface area (Å²) in [6.45, 7) is -0.302. The van der Waals surface area contributed by atoms with Gasteiger partial charge in [0.1, 0.15) is 6.29 Å². The molecule has 7 nitrogen and oxygen atoms in total. The van der Waals surface area contributed by atoms with Crippen LogP contribution >= 0.6 is 11.6 Å². The molecule has 1 aromatic carbocycles. The molecule has 1 atom stereocenters. The van der Waals surface area contributed by atoms with E-state index in [1.165, 1.54) is 36.4 Å². The van der Waals surface area contributed by atoms with E-state index in [2.05, 4.69) is 4.98 Å². The fourth-order valence-electron chi connectivity index (χ4n) is 1.89. The smallest absolute Gasteiger partial charge is 0.266 e. The van der Waals surface area contributed by atoms with Crippen LogP contribution in [-0.2, 0) is 21.4 Å². The van der Waals surface area contributed by atoms with E-state index < -0.39 is 21.2 Å². The number of amides is 1. The number of benzene rings is 1. The minimum atomic E-state index is -4.29. The van der Waals surface area contributed by atoms with Gasteiger partial charge in [-0.25, -0.2) is 13.1 Å². The van der Waals surface area contributed by atoms with Crippen LogP contribution in [0.3, 0.4) is 0 Å². The van der Waals surface area contributed by atoms with Crippen LogP contribution in [0, 0.1) is 0 Å². The van der Waals surface area contributed by atoms with Crippen LogP contribution in [0.2, 0.25) is 5.02 Å². The number of rotatable bonds is 6. The van der Waals surface area contributed by atoms with E-state index in [4.69, 9.17) is 16.7 Å². The predicted octanol–water partition coefficient (Wildman–Crippen LogP) is 1.23. The summed E-state index contributed by atoms with van der Waals surface area (Å²) in [7, 11) is -4.29. The maximum absolute atomic E-state index is 12.3. The third-order valence-corrected chi connectivity index (χ3v) is 4.91. The maximum Gasteiger partial charge on any atom is 0.266 e. The molecule has 1 aromatic heterocycles. The lowest BCUT2D eigenvalue weighted by atomic mass is 10.2. The Morgan fingerprint density at radius 1 is 1.25 bits per heavy atom. The normalized spacial score (nSPS) is 12.4. The van der Waals surface area contributed by atoms with Crippen molar-refractivity contribution in [3.8, 4) is 0 Å². The molecule has 24 heavy (non-hydrogen) atoms. The third kappa shape index (κ3) is 4.16. The van der Waals surface area contributed by atoms with Gasteiger partial charge in [0.05, 0.1) is 17.9 Å². The lowest BCUT2D eigenvalue weighted by Gasteiger charge is -2.13. The average Bonchev–Trinajstić information content (AvgIpc) is 2.56. The number of carbonyl (C=O) groups excluding carboxylic acids is 2. The number of aliphatic hydroxyl groups is 1. The van der Waals surface area contributed by atoms with Crippen molar-refractivity contribution in [3.05, 3.63) is 64.4 Å². The van der Waals surface area contributed by atoms with Crippen molar-refractivity contribution in [1.29, 1.82) is 0 Å². The van der Waals surface area contributed by atoms with Crippen molar-refractivity contribution in [3.63, 3.8) is 0 Å². The first-order valence-electron chi connectivity index (χ1n) is 6.70. The van der Waals surface area contributed by atoms with Crippen molar-refractivity contribution in [2.24, 2.45) is 0 Å². The molecule has 0 spiro atoms. The van der Waals surface area contributed by atoms with Crippen molar-refractivity contribution in [2.75, 3.05) is 0 Å². The summed E-state index contributed by atoms with van der Waals surface area (Å²) in [6.07, 6.45) is 1.36. The van der Waals surface area contributed by atoms with E-state index in [0.29, 0.717) is 10.7 Å². The molecule has 0 fully saturated rings. The topological polar surface area (TPSA) is 113 Å². The Bertz CT molecular complexity index is 835. The number of sulfonamides is 1. The Morgan fingerprint density at radius 3 is 2.42 bits per heavy atom. The van der Waals surface area contributed by atoms with Crippen LogP contribution in [0.15, 0.2) is 42.6 Å². The minimum Gasteiger partial charge on any atom is -0.390 e. The van der Waals surface area contributed by atoms with Crippen molar-refractivity contribution >= 4 is 33.8 Å². The first-order valence-corrected chi connectivity index (χ1v) is 8.62. The zero-order valence-corrected chi connectivity index (χ0v) is 13.8. The van der Waals surface area contributed by atoms with Gasteiger partial charge in [-0.1, -0.05) is 23.7 Å². The number of nitrogens with one attached hydrogen (secondary N) is 1. The molecule has 1 amide bonds. The van der Waals surface area contributed by atoms with Crippen LogP contribution in [0.4, 0.5) is 0 Å². The van der Waals surface area contributed by atoms with Gasteiger partial charge < -0.3 is 9.90 Å². The zero-order valence-electron chi connectivity index (χ0n) is 12.2. The summed E-state index contributed by atoms with van der Waals surface area (Å²) in [6, 6.07) is 8.38. The maximum atomic E-state index is 12.3. The van der Waals surface area contributed by atoms with E-state index in [0.717, 1.165) is 6.20 Å². The summed E-state index contributed by atoms with van der Waals surface area (Å²) in [5.74, 6) is -0.923. The van der Waals surface area contributed by atoms with Gasteiger partial charge in [-0.2, -0.15) is 0 Å². The van der Waals surface area contributed by atoms with Crippen LogP contribution < -0.4 is 4.72 Å². The second-order valence-corrected chi connectivity index (χ2v) is 7.02. The van der Waals surface area contributed by atoms with Crippen molar-refractivity contribution in [2.45, 2.75) is 11.9 Å². The summed E-state index contributed by atoms with van der Waals surface area (Å²) < 4.78 is 26.4.